The van der Waals surface area contributed by atoms with E-state index >= 15 is 0 Å². The van der Waals surface area contributed by atoms with Crippen LogP contribution in [0.25, 0.3) is 0 Å². The fourth-order valence-corrected chi connectivity index (χ4v) is 10.7. The molecule has 4 aliphatic rings. The molecular weight excluding hydrogens is 841 g/mol. The number of fused-ring (bicyclic) bond motifs is 1. The van der Waals surface area contributed by atoms with Crippen molar-refractivity contribution < 1.29 is 28.4 Å². The Morgan fingerprint density at radius 3 is 2.48 bits per heavy atom. The topological polar surface area (TPSA) is 171 Å². The second kappa shape index (κ2) is 18.8. The van der Waals surface area contributed by atoms with Crippen LogP contribution in [0.1, 0.15) is 79.8 Å². The molecule has 1 spiro atoms. The summed E-state index contributed by atoms with van der Waals surface area (Å²) in [7, 11) is -0.922. The van der Waals surface area contributed by atoms with Crippen molar-refractivity contribution in [2.24, 2.45) is 5.41 Å². The van der Waals surface area contributed by atoms with Gasteiger partial charge in [-0.15, -0.1) is 0 Å². The lowest BCUT2D eigenvalue weighted by molar-refractivity contribution is -0.136. The third-order valence-electron chi connectivity index (χ3n) is 13.2. The van der Waals surface area contributed by atoms with Crippen LogP contribution in [-0.4, -0.2) is 108 Å². The Morgan fingerprint density at radius 1 is 0.968 bits per heavy atom. The summed E-state index contributed by atoms with van der Waals surface area (Å²) >= 11 is 6.52. The number of ether oxygens (including phenoxy) is 2. The van der Waals surface area contributed by atoms with Gasteiger partial charge in [0.2, 0.25) is 17.8 Å². The number of rotatable bonds is 15. The number of anilines is 5. The number of halogens is 1. The molecule has 0 saturated carbocycles. The number of unbranched alkanes of at least 4 members (excludes halogenated alkanes) is 1. The van der Waals surface area contributed by atoms with Gasteiger partial charge in [0.05, 0.1) is 44.0 Å². The van der Waals surface area contributed by atoms with E-state index in [2.05, 4.69) is 59.8 Å². The minimum absolute atomic E-state index is 0.188. The van der Waals surface area contributed by atoms with Gasteiger partial charge in [-0.05, 0) is 120 Å². The van der Waals surface area contributed by atoms with Crippen LogP contribution in [0.2, 0.25) is 5.02 Å². The van der Waals surface area contributed by atoms with Crippen LogP contribution in [-0.2, 0) is 27.1 Å². The number of likely N-dealkylation sites (tertiary alicyclic amines) is 1. The molecule has 1 unspecified atom stereocenters. The van der Waals surface area contributed by atoms with Crippen LogP contribution >= 0.6 is 18.7 Å². The first-order valence-corrected chi connectivity index (χ1v) is 25.0. The van der Waals surface area contributed by atoms with Crippen LogP contribution in [0.3, 0.4) is 0 Å². The van der Waals surface area contributed by atoms with Gasteiger partial charge in [0.1, 0.15) is 29.7 Å². The third kappa shape index (κ3) is 9.80. The average Bonchev–Trinajstić information content (AvgIpc) is 3.61. The summed E-state index contributed by atoms with van der Waals surface area (Å²) in [6, 6.07) is 10.9. The summed E-state index contributed by atoms with van der Waals surface area (Å²) in [5.74, 6) is 1.21. The molecule has 334 valence electrons. The van der Waals surface area contributed by atoms with Crippen molar-refractivity contribution in [3.8, 4) is 11.5 Å². The quantitative estimate of drug-likeness (QED) is 0.0626. The Bertz CT molecular complexity index is 2410. The Labute approximate surface area is 374 Å². The molecule has 3 amide bonds. The maximum atomic E-state index is 13.2. The minimum atomic E-state index is -2.60. The van der Waals surface area contributed by atoms with E-state index in [1.807, 2.05) is 12.1 Å². The van der Waals surface area contributed by atoms with Gasteiger partial charge < -0.3 is 39.4 Å². The molecule has 0 radical (unpaired) electrons. The Kier molecular flexibility index (Phi) is 13.3. The van der Waals surface area contributed by atoms with Gasteiger partial charge in [0.15, 0.2) is 5.82 Å². The molecule has 17 heteroatoms. The number of nitrogens with zero attached hydrogens (tertiary/aromatic N) is 6. The molecule has 63 heavy (non-hydrogen) atoms. The summed E-state index contributed by atoms with van der Waals surface area (Å²) in [4.78, 5) is 57.3. The van der Waals surface area contributed by atoms with Crippen molar-refractivity contribution in [1.82, 2.24) is 30.1 Å². The van der Waals surface area contributed by atoms with Gasteiger partial charge in [0.25, 0.3) is 5.91 Å². The maximum absolute atomic E-state index is 13.2. The van der Waals surface area contributed by atoms with E-state index in [4.69, 9.17) is 21.1 Å². The third-order valence-corrected chi connectivity index (χ3v) is 15.0. The average molecular weight is 898 g/mol. The molecule has 15 nitrogen and oxygen atoms in total. The highest BCUT2D eigenvalue weighted by Gasteiger charge is 2.41. The second-order valence-corrected chi connectivity index (χ2v) is 21.1. The lowest BCUT2D eigenvalue weighted by atomic mass is 9.71. The van der Waals surface area contributed by atoms with E-state index in [9.17, 15) is 18.9 Å². The number of amides is 3. The van der Waals surface area contributed by atoms with E-state index in [1.54, 1.807) is 49.9 Å². The number of aryl methyl sites for hydroxylation is 1. The van der Waals surface area contributed by atoms with Crippen molar-refractivity contribution in [2.75, 3.05) is 75.3 Å². The zero-order valence-corrected chi connectivity index (χ0v) is 38.2. The molecule has 3 N–H and O–H groups in total. The molecule has 0 bridgehead atoms. The Balaban J connectivity index is 0.809. The van der Waals surface area contributed by atoms with Crippen molar-refractivity contribution in [3.05, 3.63) is 76.7 Å². The first kappa shape index (κ1) is 44.4. The zero-order chi connectivity index (χ0) is 44.3. The number of pyridine rings is 1. The number of benzene rings is 2. The molecule has 4 aromatic rings. The normalized spacial score (nSPS) is 18.9. The molecule has 8 rings (SSSR count). The van der Waals surface area contributed by atoms with Gasteiger partial charge in [-0.3, -0.25) is 24.7 Å². The smallest absolute Gasteiger partial charge is 0.255 e. The molecule has 6 heterocycles. The highest BCUT2D eigenvalue weighted by atomic mass is 35.5. The number of imide groups is 1. The number of piperidine rings is 3. The highest BCUT2D eigenvalue weighted by molar-refractivity contribution is 7.70. The molecule has 4 aliphatic heterocycles. The van der Waals surface area contributed by atoms with Gasteiger partial charge in [-0.1, -0.05) is 24.6 Å². The number of carbonyl (C=O) groups excluding carboxylic acids is 3. The molecule has 0 aliphatic carbocycles. The largest absolute Gasteiger partial charge is 0.494 e. The Hall–Kier alpha value is -5.24. The van der Waals surface area contributed by atoms with E-state index < -0.39 is 19.1 Å². The van der Waals surface area contributed by atoms with Gasteiger partial charge in [-0.25, -0.2) is 4.98 Å². The number of aromatic nitrogens is 3. The summed E-state index contributed by atoms with van der Waals surface area (Å²) in [6.07, 6.45) is 12.8. The first-order valence-electron chi connectivity index (χ1n) is 22.0. The van der Waals surface area contributed by atoms with Gasteiger partial charge >= 0.3 is 0 Å². The van der Waals surface area contributed by atoms with Gasteiger partial charge in [0, 0.05) is 53.9 Å². The molecule has 3 saturated heterocycles. The van der Waals surface area contributed by atoms with Crippen molar-refractivity contribution in [2.45, 2.75) is 77.3 Å². The molecule has 2 aromatic carbocycles. The first-order chi connectivity index (χ1) is 30.3. The van der Waals surface area contributed by atoms with E-state index in [0.29, 0.717) is 69.8 Å². The van der Waals surface area contributed by atoms with Crippen LogP contribution in [0.15, 0.2) is 55.0 Å². The molecule has 1 atom stereocenters. The van der Waals surface area contributed by atoms with E-state index in [-0.39, 0.29) is 18.2 Å². The van der Waals surface area contributed by atoms with E-state index in [1.165, 1.54) is 30.3 Å². The number of methoxy groups -OCH3 is 1. The standard InChI is InChI=1S/C46H57ClN9O6P/c1-5-30-25-34(51-45-49-27-33(47)42(53-45)50-35-28-48-18-13-40(35)63(3,4)60)39(61-2)26-37(30)55-22-16-46(17-23-55)14-20-54(21-15-46)19-6-7-24-62-38-10-8-9-31-32(38)29-56(44(31)59)36-11-12-41(57)52-43(36)58/h8-10,13,18,25-28,36H,5-7,11-12,14-17,19-24,29H2,1-4H3,(H,52,57,58)(H2,49,50,51,53). The van der Waals surface area contributed by atoms with Crippen molar-refractivity contribution in [3.63, 3.8) is 0 Å². The second-order valence-electron chi connectivity index (χ2n) is 17.5. The number of carbonyl (C=O) groups is 3. The fourth-order valence-electron chi connectivity index (χ4n) is 9.46. The molecular formula is C46H57ClN9O6P. The lowest BCUT2D eigenvalue weighted by Gasteiger charge is -2.47. The van der Waals surface area contributed by atoms with Gasteiger partial charge in [-0.2, -0.15) is 4.98 Å². The minimum Gasteiger partial charge on any atom is -0.494 e. The van der Waals surface area contributed by atoms with Crippen LogP contribution in [0, 0.1) is 5.41 Å². The van der Waals surface area contributed by atoms with Crippen LogP contribution < -0.4 is 35.6 Å². The number of hydrogen-bond donors (Lipinski definition) is 3. The zero-order valence-electron chi connectivity index (χ0n) is 36.5. The maximum Gasteiger partial charge on any atom is 0.255 e. The molecule has 3 fully saturated rings. The fraction of sp³-hybridized carbons (Fsp3) is 0.478. The van der Waals surface area contributed by atoms with Crippen LogP contribution in [0.4, 0.5) is 28.8 Å². The number of nitrogens with one attached hydrogen (secondary N) is 3. The monoisotopic (exact) mass is 897 g/mol. The summed E-state index contributed by atoms with van der Waals surface area (Å²) < 4.78 is 25.1. The van der Waals surface area contributed by atoms with Crippen molar-refractivity contribution in [1.29, 1.82) is 0 Å². The van der Waals surface area contributed by atoms with E-state index in [0.717, 1.165) is 76.1 Å². The van der Waals surface area contributed by atoms with Crippen LogP contribution in [0.5, 0.6) is 11.5 Å². The SMILES string of the molecule is CCc1cc(Nc2ncc(Cl)c(Nc3cnccc3P(C)(C)=O)n2)c(OC)cc1N1CCC2(CCN(CCCCOc3cccc4c3CN(C3CCC(=O)NC3=O)C4=O)CC2)CC1. The Morgan fingerprint density at radius 2 is 1.75 bits per heavy atom. The van der Waals surface area contributed by atoms with Crippen molar-refractivity contribution >= 4 is 70.6 Å². The summed E-state index contributed by atoms with van der Waals surface area (Å²) in [5.41, 5.74) is 5.49. The highest BCUT2D eigenvalue weighted by Crippen LogP contribution is 2.45. The molecule has 2 aromatic heterocycles. The predicted octanol–water partition coefficient (Wildman–Crippen LogP) is 7.13. The summed E-state index contributed by atoms with van der Waals surface area (Å²) in [5, 5.41) is 9.91. The predicted molar refractivity (Wildman–Crippen MR) is 246 cm³/mol. The summed E-state index contributed by atoms with van der Waals surface area (Å²) in [6.45, 7) is 11.7. The lowest BCUT2D eigenvalue weighted by Crippen LogP contribution is -2.52. The number of hydrogen-bond acceptors (Lipinski definition) is 13.